The van der Waals surface area contributed by atoms with Crippen LogP contribution in [-0.2, 0) is 13.1 Å². The van der Waals surface area contributed by atoms with Crippen molar-refractivity contribution in [1.29, 1.82) is 0 Å². The smallest absolute Gasteiger partial charge is 0.266 e. The normalized spacial score (nSPS) is 10.6. The van der Waals surface area contributed by atoms with Crippen LogP contribution in [0.1, 0.15) is 6.42 Å². The van der Waals surface area contributed by atoms with E-state index in [1.807, 2.05) is 33.4 Å². The Balaban J connectivity index is 1.95. The van der Waals surface area contributed by atoms with E-state index in [4.69, 9.17) is 0 Å². The van der Waals surface area contributed by atoms with Crippen LogP contribution < -0.4 is 5.56 Å². The molecule has 0 aromatic carbocycles. The molecule has 0 saturated carbocycles. The number of imidazole rings is 1. The monoisotopic (exact) mass is 330 g/mol. The Bertz CT molecular complexity index is 506. The van der Waals surface area contributed by atoms with Crippen molar-refractivity contribution in [3.63, 3.8) is 0 Å². The molecule has 5 nitrogen and oxygen atoms in total. The molecule has 0 amide bonds. The van der Waals surface area contributed by atoms with E-state index in [2.05, 4.69) is 9.97 Å². The van der Waals surface area contributed by atoms with Crippen LogP contribution in [-0.4, -0.2) is 19.1 Å². The zero-order valence-electron chi connectivity index (χ0n) is 8.58. The second-order valence-corrected chi connectivity index (χ2v) is 4.56. The van der Waals surface area contributed by atoms with Crippen LogP contribution in [0.2, 0.25) is 0 Å². The van der Waals surface area contributed by atoms with Gasteiger partial charge in [-0.25, -0.2) is 9.97 Å². The van der Waals surface area contributed by atoms with Gasteiger partial charge in [0, 0.05) is 31.7 Å². The molecule has 0 unspecified atom stereocenters. The zero-order valence-corrected chi connectivity index (χ0v) is 10.7. The number of halogens is 1. The number of rotatable bonds is 4. The summed E-state index contributed by atoms with van der Waals surface area (Å²) in [6.45, 7) is 1.54. The van der Waals surface area contributed by atoms with E-state index in [0.29, 0.717) is 10.1 Å². The lowest BCUT2D eigenvalue weighted by Gasteiger charge is -2.05. The fourth-order valence-corrected chi connectivity index (χ4v) is 1.90. The maximum absolute atomic E-state index is 11.7. The Morgan fingerprint density at radius 1 is 1.25 bits per heavy atom. The highest BCUT2D eigenvalue weighted by molar-refractivity contribution is 14.1. The first kappa shape index (κ1) is 11.3. The van der Waals surface area contributed by atoms with E-state index in [1.165, 1.54) is 0 Å². The summed E-state index contributed by atoms with van der Waals surface area (Å²) in [7, 11) is 0. The second-order valence-electron chi connectivity index (χ2n) is 3.39. The molecule has 0 N–H and O–H groups in total. The highest BCUT2D eigenvalue weighted by atomic mass is 127. The van der Waals surface area contributed by atoms with Crippen molar-refractivity contribution >= 4 is 22.6 Å². The molecule has 0 aliphatic rings. The average Bonchev–Trinajstić information content (AvgIpc) is 2.77. The Morgan fingerprint density at radius 2 is 2.12 bits per heavy atom. The molecule has 0 spiro atoms. The molecule has 16 heavy (non-hydrogen) atoms. The molecular formula is C10H11IN4O. The summed E-state index contributed by atoms with van der Waals surface area (Å²) in [6, 6.07) is 0. The summed E-state index contributed by atoms with van der Waals surface area (Å²) in [5.41, 5.74) is 0.0289. The standard InChI is InChI=1S/C10H11IN4O/c11-9-6-13-8-15(10(9)16)4-1-3-14-5-2-12-7-14/h2,5-8H,1,3-4H2. The fourth-order valence-electron chi connectivity index (χ4n) is 1.43. The summed E-state index contributed by atoms with van der Waals surface area (Å²) < 4.78 is 4.29. The summed E-state index contributed by atoms with van der Waals surface area (Å²) in [5.74, 6) is 0. The minimum absolute atomic E-state index is 0.0289. The van der Waals surface area contributed by atoms with E-state index in [9.17, 15) is 4.79 Å². The SMILES string of the molecule is O=c1c(I)cncn1CCCn1ccnc1. The Hall–Kier alpha value is -1.18. The summed E-state index contributed by atoms with van der Waals surface area (Å²) >= 11 is 2.00. The molecule has 0 radical (unpaired) electrons. The van der Waals surface area contributed by atoms with Gasteiger partial charge in [-0.3, -0.25) is 9.36 Å². The topological polar surface area (TPSA) is 52.7 Å². The molecule has 0 aliphatic carbocycles. The van der Waals surface area contributed by atoms with Gasteiger partial charge < -0.3 is 4.57 Å². The van der Waals surface area contributed by atoms with Crippen LogP contribution in [0.15, 0.2) is 36.0 Å². The van der Waals surface area contributed by atoms with Gasteiger partial charge >= 0.3 is 0 Å². The lowest BCUT2D eigenvalue weighted by Crippen LogP contribution is -2.23. The fraction of sp³-hybridized carbons (Fsp3) is 0.300. The van der Waals surface area contributed by atoms with Gasteiger partial charge in [-0.15, -0.1) is 0 Å². The number of nitrogens with zero attached hydrogens (tertiary/aromatic N) is 4. The first-order valence-corrected chi connectivity index (χ1v) is 6.01. The number of aryl methyl sites for hydroxylation is 2. The Labute approximate surface area is 106 Å². The lowest BCUT2D eigenvalue weighted by atomic mass is 10.4. The third kappa shape index (κ3) is 2.69. The molecular weight excluding hydrogens is 319 g/mol. The van der Waals surface area contributed by atoms with Crippen molar-refractivity contribution in [3.05, 3.63) is 45.2 Å². The molecule has 0 saturated heterocycles. The average molecular weight is 330 g/mol. The Morgan fingerprint density at radius 3 is 2.88 bits per heavy atom. The Kier molecular flexibility index (Phi) is 3.70. The van der Waals surface area contributed by atoms with Crippen molar-refractivity contribution in [3.8, 4) is 0 Å². The van der Waals surface area contributed by atoms with Crippen LogP contribution in [0.4, 0.5) is 0 Å². The second kappa shape index (κ2) is 5.24. The lowest BCUT2D eigenvalue weighted by molar-refractivity contribution is 0.545. The third-order valence-corrected chi connectivity index (χ3v) is 2.97. The molecule has 6 heteroatoms. The number of hydrogen-bond donors (Lipinski definition) is 0. The van der Waals surface area contributed by atoms with E-state index < -0.39 is 0 Å². The molecule has 84 valence electrons. The molecule has 0 fully saturated rings. The van der Waals surface area contributed by atoms with Gasteiger partial charge in [-0.2, -0.15) is 0 Å². The number of aromatic nitrogens is 4. The van der Waals surface area contributed by atoms with Gasteiger partial charge in [0.15, 0.2) is 0 Å². The van der Waals surface area contributed by atoms with Crippen LogP contribution >= 0.6 is 22.6 Å². The first-order valence-electron chi connectivity index (χ1n) is 4.93. The van der Waals surface area contributed by atoms with E-state index in [0.717, 1.165) is 13.0 Å². The molecule has 2 aromatic heterocycles. The van der Waals surface area contributed by atoms with Gasteiger partial charge in [0.25, 0.3) is 5.56 Å². The summed E-state index contributed by atoms with van der Waals surface area (Å²) in [4.78, 5) is 19.6. The van der Waals surface area contributed by atoms with Crippen LogP contribution in [0.3, 0.4) is 0 Å². The highest BCUT2D eigenvalue weighted by Gasteiger charge is 2.00. The van der Waals surface area contributed by atoms with Crippen LogP contribution in [0.5, 0.6) is 0 Å². The maximum Gasteiger partial charge on any atom is 0.266 e. The largest absolute Gasteiger partial charge is 0.337 e. The molecule has 2 aromatic rings. The van der Waals surface area contributed by atoms with Crippen LogP contribution in [0, 0.1) is 3.57 Å². The van der Waals surface area contributed by atoms with Crippen molar-refractivity contribution in [1.82, 2.24) is 19.1 Å². The van der Waals surface area contributed by atoms with E-state index in [-0.39, 0.29) is 5.56 Å². The van der Waals surface area contributed by atoms with Gasteiger partial charge in [0.1, 0.15) is 0 Å². The van der Waals surface area contributed by atoms with Gasteiger partial charge in [-0.05, 0) is 29.0 Å². The zero-order chi connectivity index (χ0) is 11.4. The van der Waals surface area contributed by atoms with Crippen molar-refractivity contribution in [2.75, 3.05) is 0 Å². The minimum Gasteiger partial charge on any atom is -0.337 e. The minimum atomic E-state index is 0.0289. The summed E-state index contributed by atoms with van der Waals surface area (Å²) in [5, 5.41) is 0. The molecule has 0 aliphatic heterocycles. The highest BCUT2D eigenvalue weighted by Crippen LogP contribution is 1.96. The maximum atomic E-state index is 11.7. The summed E-state index contributed by atoms with van der Waals surface area (Å²) in [6.07, 6.45) is 9.48. The first-order chi connectivity index (χ1) is 7.77. The number of hydrogen-bond acceptors (Lipinski definition) is 3. The molecule has 2 rings (SSSR count). The van der Waals surface area contributed by atoms with E-state index in [1.54, 1.807) is 29.6 Å². The predicted octanol–water partition coefficient (Wildman–Crippen LogP) is 1.13. The van der Waals surface area contributed by atoms with Gasteiger partial charge in [0.05, 0.1) is 16.2 Å². The third-order valence-electron chi connectivity index (χ3n) is 2.23. The van der Waals surface area contributed by atoms with E-state index >= 15 is 0 Å². The van der Waals surface area contributed by atoms with Crippen molar-refractivity contribution < 1.29 is 0 Å². The quantitative estimate of drug-likeness (QED) is 0.790. The molecule has 2 heterocycles. The predicted molar refractivity (Wildman–Crippen MR) is 68.1 cm³/mol. The van der Waals surface area contributed by atoms with Gasteiger partial charge in [-0.1, -0.05) is 0 Å². The van der Waals surface area contributed by atoms with Crippen molar-refractivity contribution in [2.45, 2.75) is 19.5 Å². The molecule has 0 atom stereocenters. The molecule has 0 bridgehead atoms. The van der Waals surface area contributed by atoms with Gasteiger partial charge in [0.2, 0.25) is 0 Å². The van der Waals surface area contributed by atoms with Crippen LogP contribution in [0.25, 0.3) is 0 Å². The van der Waals surface area contributed by atoms with Crippen molar-refractivity contribution in [2.24, 2.45) is 0 Å².